The summed E-state index contributed by atoms with van der Waals surface area (Å²) in [7, 11) is 0. The SMILES string of the molecule is CC1(C2CC2)NC(=O)N(CC(=O)N(Cc2cccnc2)c2ccc3c(c2)OCO3)C1=O. The number of nitrogens with zero attached hydrogens (tertiary/aromatic N) is 3. The lowest BCUT2D eigenvalue weighted by Crippen LogP contribution is -2.47. The van der Waals surface area contributed by atoms with Crippen molar-refractivity contribution in [3.63, 3.8) is 0 Å². The molecule has 1 unspecified atom stereocenters. The highest BCUT2D eigenvalue weighted by molar-refractivity contribution is 6.10. The van der Waals surface area contributed by atoms with Crippen LogP contribution in [0.15, 0.2) is 42.7 Å². The number of hydrogen-bond donors (Lipinski definition) is 1. The molecule has 1 saturated carbocycles. The first-order chi connectivity index (χ1) is 15.0. The van der Waals surface area contributed by atoms with E-state index in [1.165, 1.54) is 4.90 Å². The minimum absolute atomic E-state index is 0.123. The van der Waals surface area contributed by atoms with Gasteiger partial charge in [-0.2, -0.15) is 0 Å². The molecule has 1 N–H and O–H groups in total. The number of amides is 4. The molecule has 5 rings (SSSR count). The molecule has 3 aliphatic rings. The van der Waals surface area contributed by atoms with Gasteiger partial charge in [0.1, 0.15) is 12.1 Å². The van der Waals surface area contributed by atoms with Crippen LogP contribution in [0, 0.1) is 5.92 Å². The molecule has 31 heavy (non-hydrogen) atoms. The van der Waals surface area contributed by atoms with Crippen molar-refractivity contribution in [3.05, 3.63) is 48.3 Å². The van der Waals surface area contributed by atoms with Crippen LogP contribution >= 0.6 is 0 Å². The summed E-state index contributed by atoms with van der Waals surface area (Å²) in [5, 5.41) is 2.78. The maximum Gasteiger partial charge on any atom is 0.325 e. The van der Waals surface area contributed by atoms with Crippen LogP contribution in [0.3, 0.4) is 0 Å². The molecule has 1 aliphatic carbocycles. The molecule has 2 aromatic rings. The van der Waals surface area contributed by atoms with Gasteiger partial charge >= 0.3 is 6.03 Å². The number of fused-ring (bicyclic) bond motifs is 1. The lowest BCUT2D eigenvalue weighted by Gasteiger charge is -2.25. The summed E-state index contributed by atoms with van der Waals surface area (Å²) >= 11 is 0. The van der Waals surface area contributed by atoms with Gasteiger partial charge in [0.05, 0.1) is 6.54 Å². The van der Waals surface area contributed by atoms with Gasteiger partial charge in [0, 0.05) is 24.1 Å². The summed E-state index contributed by atoms with van der Waals surface area (Å²) in [5.74, 6) is 0.542. The first-order valence-electron chi connectivity index (χ1n) is 10.2. The van der Waals surface area contributed by atoms with Crippen LogP contribution in [0.25, 0.3) is 0 Å². The topological polar surface area (TPSA) is 101 Å². The van der Waals surface area contributed by atoms with Crippen molar-refractivity contribution in [1.29, 1.82) is 0 Å². The minimum atomic E-state index is -0.926. The maximum absolute atomic E-state index is 13.4. The van der Waals surface area contributed by atoms with Crippen molar-refractivity contribution in [3.8, 4) is 11.5 Å². The van der Waals surface area contributed by atoms with Crippen molar-refractivity contribution in [2.24, 2.45) is 5.92 Å². The van der Waals surface area contributed by atoms with Gasteiger partial charge in [-0.1, -0.05) is 6.07 Å². The van der Waals surface area contributed by atoms with E-state index in [1.807, 2.05) is 6.07 Å². The minimum Gasteiger partial charge on any atom is -0.454 e. The molecule has 0 radical (unpaired) electrons. The van der Waals surface area contributed by atoms with Crippen LogP contribution < -0.4 is 19.7 Å². The number of pyridine rings is 1. The van der Waals surface area contributed by atoms with E-state index in [9.17, 15) is 14.4 Å². The summed E-state index contributed by atoms with van der Waals surface area (Å²) in [6, 6.07) is 8.33. The number of aromatic nitrogens is 1. The monoisotopic (exact) mass is 422 g/mol. The molecule has 3 heterocycles. The average Bonchev–Trinajstić information content (AvgIpc) is 3.49. The van der Waals surface area contributed by atoms with Crippen LogP contribution in [0.5, 0.6) is 11.5 Å². The van der Waals surface area contributed by atoms with Gasteiger partial charge in [-0.15, -0.1) is 0 Å². The van der Waals surface area contributed by atoms with Crippen molar-refractivity contribution in [2.75, 3.05) is 18.2 Å². The average molecular weight is 422 g/mol. The van der Waals surface area contributed by atoms with Gasteiger partial charge in [-0.05, 0) is 49.4 Å². The van der Waals surface area contributed by atoms with Gasteiger partial charge in [-0.3, -0.25) is 19.5 Å². The molecule has 9 heteroatoms. The molecule has 2 fully saturated rings. The number of hydrogen-bond acceptors (Lipinski definition) is 6. The van der Waals surface area contributed by atoms with E-state index >= 15 is 0 Å². The van der Waals surface area contributed by atoms with E-state index in [0.29, 0.717) is 17.2 Å². The highest BCUT2D eigenvalue weighted by atomic mass is 16.7. The van der Waals surface area contributed by atoms with E-state index in [2.05, 4.69) is 10.3 Å². The summed E-state index contributed by atoms with van der Waals surface area (Å²) in [5.41, 5.74) is 0.466. The Hall–Kier alpha value is -3.62. The number of nitrogens with one attached hydrogen (secondary N) is 1. The van der Waals surface area contributed by atoms with Crippen LogP contribution in [0.1, 0.15) is 25.3 Å². The van der Waals surface area contributed by atoms with Gasteiger partial charge in [0.25, 0.3) is 5.91 Å². The zero-order valence-electron chi connectivity index (χ0n) is 17.0. The highest BCUT2D eigenvalue weighted by Crippen LogP contribution is 2.42. The summed E-state index contributed by atoms with van der Waals surface area (Å²) < 4.78 is 10.8. The third kappa shape index (κ3) is 3.45. The van der Waals surface area contributed by atoms with Crippen molar-refractivity contribution < 1.29 is 23.9 Å². The van der Waals surface area contributed by atoms with Crippen LogP contribution in [-0.2, 0) is 16.1 Å². The summed E-state index contributed by atoms with van der Waals surface area (Å²) in [4.78, 5) is 45.5. The van der Waals surface area contributed by atoms with E-state index in [-0.39, 0.29) is 37.6 Å². The second-order valence-corrected chi connectivity index (χ2v) is 8.18. The molecule has 160 valence electrons. The van der Waals surface area contributed by atoms with E-state index in [4.69, 9.17) is 9.47 Å². The molecule has 0 bridgehead atoms. The molecule has 1 aromatic heterocycles. The largest absolute Gasteiger partial charge is 0.454 e. The van der Waals surface area contributed by atoms with Crippen LogP contribution in [0.2, 0.25) is 0 Å². The summed E-state index contributed by atoms with van der Waals surface area (Å²) in [6.45, 7) is 1.75. The Morgan fingerprint density at radius 1 is 1.26 bits per heavy atom. The fraction of sp³-hybridized carbons (Fsp3) is 0.364. The normalized spacial score (nSPS) is 21.9. The third-order valence-corrected chi connectivity index (χ3v) is 6.02. The van der Waals surface area contributed by atoms with Gasteiger partial charge in [0.15, 0.2) is 11.5 Å². The Morgan fingerprint density at radius 2 is 2.06 bits per heavy atom. The molecule has 4 amide bonds. The Morgan fingerprint density at radius 3 is 2.81 bits per heavy atom. The lowest BCUT2D eigenvalue weighted by molar-refractivity contribution is -0.134. The Labute approximate surface area is 178 Å². The van der Waals surface area contributed by atoms with Crippen molar-refractivity contribution >= 4 is 23.5 Å². The van der Waals surface area contributed by atoms with E-state index < -0.39 is 11.6 Å². The van der Waals surface area contributed by atoms with Crippen LogP contribution in [-0.4, -0.2) is 46.6 Å². The lowest BCUT2D eigenvalue weighted by atomic mass is 9.96. The zero-order chi connectivity index (χ0) is 21.6. The molecule has 1 atom stereocenters. The van der Waals surface area contributed by atoms with E-state index in [1.54, 1.807) is 43.6 Å². The predicted molar refractivity (Wildman–Crippen MR) is 109 cm³/mol. The third-order valence-electron chi connectivity index (χ3n) is 6.02. The summed E-state index contributed by atoms with van der Waals surface area (Å²) in [6.07, 6.45) is 5.12. The van der Waals surface area contributed by atoms with Crippen molar-refractivity contribution in [1.82, 2.24) is 15.2 Å². The zero-order valence-corrected chi connectivity index (χ0v) is 17.0. The number of rotatable bonds is 6. The second kappa shape index (κ2) is 7.26. The fourth-order valence-electron chi connectivity index (χ4n) is 4.07. The second-order valence-electron chi connectivity index (χ2n) is 8.18. The number of benzene rings is 1. The Bertz CT molecular complexity index is 1060. The molecule has 2 aliphatic heterocycles. The maximum atomic E-state index is 13.4. The predicted octanol–water partition coefficient (Wildman–Crippen LogP) is 2.06. The molecule has 1 aromatic carbocycles. The first-order valence-corrected chi connectivity index (χ1v) is 10.2. The van der Waals surface area contributed by atoms with Crippen molar-refractivity contribution in [2.45, 2.75) is 31.8 Å². The van der Waals surface area contributed by atoms with Crippen LogP contribution in [0.4, 0.5) is 10.5 Å². The van der Waals surface area contributed by atoms with Gasteiger partial charge < -0.3 is 19.7 Å². The Kier molecular flexibility index (Phi) is 4.53. The Balaban J connectivity index is 1.41. The number of urea groups is 1. The number of imide groups is 1. The number of carbonyl (C=O) groups is 3. The molecule has 9 nitrogen and oxygen atoms in total. The molecule has 1 saturated heterocycles. The fourth-order valence-corrected chi connectivity index (χ4v) is 4.07. The molecule has 0 spiro atoms. The molecular formula is C22H22N4O5. The van der Waals surface area contributed by atoms with Gasteiger partial charge in [-0.25, -0.2) is 4.79 Å². The number of carbonyl (C=O) groups excluding carboxylic acids is 3. The molecular weight excluding hydrogens is 400 g/mol. The quantitative estimate of drug-likeness (QED) is 0.716. The highest BCUT2D eigenvalue weighted by Gasteiger charge is 2.56. The first kappa shape index (κ1) is 19.3. The van der Waals surface area contributed by atoms with Gasteiger partial charge in [0.2, 0.25) is 12.7 Å². The smallest absolute Gasteiger partial charge is 0.325 e. The van der Waals surface area contributed by atoms with E-state index in [0.717, 1.165) is 23.3 Å². The standard InChI is InChI=1S/C22H22N4O5/c1-22(15-4-5-15)20(28)26(21(29)24-22)12-19(27)25(11-14-3-2-8-23-10-14)16-6-7-17-18(9-16)31-13-30-17/h2-3,6-10,15H,4-5,11-13H2,1H3,(H,24,29). The number of ether oxygens (including phenoxy) is 2. The number of anilines is 1.